The van der Waals surface area contributed by atoms with E-state index in [9.17, 15) is 9.90 Å². The van der Waals surface area contributed by atoms with Crippen LogP contribution in [0.4, 0.5) is 10.5 Å². The van der Waals surface area contributed by atoms with Crippen molar-refractivity contribution in [2.45, 2.75) is 63.6 Å². The molecule has 2 N–H and O–H groups in total. The normalized spacial score (nSPS) is 21.8. The molecule has 0 spiro atoms. The van der Waals surface area contributed by atoms with Crippen molar-refractivity contribution in [3.05, 3.63) is 29.8 Å². The van der Waals surface area contributed by atoms with Crippen LogP contribution in [-0.2, 0) is 6.54 Å². The minimum Gasteiger partial charge on any atom is -0.391 e. The molecule has 1 aromatic carbocycles. The number of rotatable bonds is 4. The zero-order valence-corrected chi connectivity index (χ0v) is 15.3. The Labute approximate surface area is 151 Å². The van der Waals surface area contributed by atoms with Gasteiger partial charge in [0.05, 0.1) is 6.10 Å². The van der Waals surface area contributed by atoms with E-state index in [4.69, 9.17) is 0 Å². The molecular weight excluding hydrogens is 314 g/mol. The summed E-state index contributed by atoms with van der Waals surface area (Å²) in [6.07, 6.45) is 7.91. The number of nitrogens with zero attached hydrogens (tertiary/aromatic N) is 2. The van der Waals surface area contributed by atoms with E-state index in [0.717, 1.165) is 24.9 Å². The summed E-state index contributed by atoms with van der Waals surface area (Å²) >= 11 is 0. The van der Waals surface area contributed by atoms with E-state index in [1.807, 2.05) is 0 Å². The second-order valence-electron chi connectivity index (χ2n) is 7.47. The van der Waals surface area contributed by atoms with Crippen LogP contribution in [0.3, 0.4) is 0 Å². The SMILES string of the molecule is CN(c1ccc(CNC(=O)N2CCCC(O)C2)cc1)C1CCCCC1. The van der Waals surface area contributed by atoms with E-state index in [-0.39, 0.29) is 12.1 Å². The summed E-state index contributed by atoms with van der Waals surface area (Å²) in [4.78, 5) is 16.3. The molecule has 138 valence electrons. The van der Waals surface area contributed by atoms with Gasteiger partial charge in [0.1, 0.15) is 0 Å². The van der Waals surface area contributed by atoms with Gasteiger partial charge in [-0.15, -0.1) is 0 Å². The van der Waals surface area contributed by atoms with Gasteiger partial charge in [-0.2, -0.15) is 0 Å². The number of aliphatic hydroxyl groups is 1. The summed E-state index contributed by atoms with van der Waals surface area (Å²) < 4.78 is 0. The lowest BCUT2D eigenvalue weighted by atomic mass is 9.94. The highest BCUT2D eigenvalue weighted by atomic mass is 16.3. The topological polar surface area (TPSA) is 55.8 Å². The van der Waals surface area contributed by atoms with Crippen molar-refractivity contribution < 1.29 is 9.90 Å². The predicted molar refractivity (Wildman–Crippen MR) is 101 cm³/mol. The Hall–Kier alpha value is -1.75. The van der Waals surface area contributed by atoms with Crippen LogP contribution in [0.5, 0.6) is 0 Å². The fraction of sp³-hybridized carbons (Fsp3) is 0.650. The number of carbonyl (C=O) groups is 1. The number of urea groups is 1. The molecule has 2 aliphatic rings. The number of β-amino-alcohol motifs (C(OH)–C–C–N with tert-alkyl or cyclic N) is 1. The molecule has 0 aromatic heterocycles. The van der Waals surface area contributed by atoms with Gasteiger partial charge in [0, 0.05) is 38.4 Å². The summed E-state index contributed by atoms with van der Waals surface area (Å²) in [5.74, 6) is 0. The molecule has 2 amide bonds. The first kappa shape index (κ1) is 18.1. The molecule has 1 aliphatic heterocycles. The standard InChI is InChI=1S/C20H31N3O2/c1-22(17-6-3-2-4-7-17)18-11-9-16(10-12-18)14-21-20(25)23-13-5-8-19(24)15-23/h9-12,17,19,24H,2-8,13-15H2,1H3,(H,21,25). The van der Waals surface area contributed by atoms with Gasteiger partial charge in [0.2, 0.25) is 0 Å². The van der Waals surface area contributed by atoms with E-state index in [1.54, 1.807) is 4.90 Å². The Morgan fingerprint density at radius 2 is 1.88 bits per heavy atom. The number of amides is 2. The molecule has 5 heteroatoms. The molecule has 1 atom stereocenters. The summed E-state index contributed by atoms with van der Waals surface area (Å²) in [7, 11) is 2.19. The molecule has 3 rings (SSSR count). The van der Waals surface area contributed by atoms with Crippen molar-refractivity contribution >= 4 is 11.7 Å². The third-order valence-electron chi connectivity index (χ3n) is 5.59. The number of carbonyl (C=O) groups excluding carboxylic acids is 1. The number of aliphatic hydroxyl groups excluding tert-OH is 1. The Bertz CT molecular complexity index is 555. The number of benzene rings is 1. The highest BCUT2D eigenvalue weighted by molar-refractivity contribution is 5.74. The second-order valence-corrected chi connectivity index (χ2v) is 7.47. The van der Waals surface area contributed by atoms with E-state index in [2.05, 4.69) is 41.5 Å². The van der Waals surface area contributed by atoms with Gasteiger partial charge >= 0.3 is 6.03 Å². The zero-order valence-electron chi connectivity index (χ0n) is 15.3. The molecule has 0 radical (unpaired) electrons. The summed E-state index contributed by atoms with van der Waals surface area (Å²) in [5.41, 5.74) is 2.35. The molecule has 25 heavy (non-hydrogen) atoms. The largest absolute Gasteiger partial charge is 0.391 e. The van der Waals surface area contributed by atoms with Gasteiger partial charge in [0.25, 0.3) is 0 Å². The summed E-state index contributed by atoms with van der Waals surface area (Å²) in [6.45, 7) is 1.70. The van der Waals surface area contributed by atoms with Crippen LogP contribution < -0.4 is 10.2 Å². The minimum absolute atomic E-state index is 0.0813. The zero-order chi connectivity index (χ0) is 17.6. The van der Waals surface area contributed by atoms with Crippen molar-refractivity contribution in [2.75, 3.05) is 25.0 Å². The van der Waals surface area contributed by atoms with Gasteiger partial charge in [-0.25, -0.2) is 4.79 Å². The van der Waals surface area contributed by atoms with E-state index in [1.165, 1.54) is 37.8 Å². The van der Waals surface area contributed by atoms with Crippen molar-refractivity contribution in [3.63, 3.8) is 0 Å². The molecule has 5 nitrogen and oxygen atoms in total. The van der Waals surface area contributed by atoms with Crippen LogP contribution >= 0.6 is 0 Å². The van der Waals surface area contributed by atoms with Crippen LogP contribution in [0.15, 0.2) is 24.3 Å². The molecule has 1 heterocycles. The van der Waals surface area contributed by atoms with E-state index < -0.39 is 0 Å². The molecular formula is C20H31N3O2. The highest BCUT2D eigenvalue weighted by Crippen LogP contribution is 2.26. The van der Waals surface area contributed by atoms with Crippen molar-refractivity contribution in [1.82, 2.24) is 10.2 Å². The number of likely N-dealkylation sites (tertiary alicyclic amines) is 1. The number of piperidine rings is 1. The van der Waals surface area contributed by atoms with Gasteiger partial charge in [0.15, 0.2) is 0 Å². The Morgan fingerprint density at radius 3 is 2.56 bits per heavy atom. The maximum Gasteiger partial charge on any atom is 0.317 e. The summed E-state index contributed by atoms with van der Waals surface area (Å²) in [6, 6.07) is 9.08. The molecule has 0 bridgehead atoms. The first-order chi connectivity index (χ1) is 12.1. The maximum atomic E-state index is 12.2. The highest BCUT2D eigenvalue weighted by Gasteiger charge is 2.22. The summed E-state index contributed by atoms with van der Waals surface area (Å²) in [5, 5.41) is 12.6. The third-order valence-corrected chi connectivity index (χ3v) is 5.59. The van der Waals surface area contributed by atoms with Crippen molar-refractivity contribution in [3.8, 4) is 0 Å². The number of hydrogen-bond acceptors (Lipinski definition) is 3. The molecule has 1 aromatic rings. The average molecular weight is 345 g/mol. The van der Waals surface area contributed by atoms with Crippen LogP contribution in [-0.4, -0.2) is 48.3 Å². The molecule has 1 unspecified atom stereocenters. The lowest BCUT2D eigenvalue weighted by molar-refractivity contribution is 0.0842. The van der Waals surface area contributed by atoms with Crippen LogP contribution in [0, 0.1) is 0 Å². The quantitative estimate of drug-likeness (QED) is 0.881. The monoisotopic (exact) mass is 345 g/mol. The predicted octanol–water partition coefficient (Wildman–Crippen LogP) is 3.12. The van der Waals surface area contributed by atoms with Crippen molar-refractivity contribution in [2.24, 2.45) is 0 Å². The van der Waals surface area contributed by atoms with Gasteiger partial charge in [-0.05, 0) is 43.4 Å². The molecule has 1 saturated carbocycles. The van der Waals surface area contributed by atoms with Gasteiger partial charge in [-0.3, -0.25) is 0 Å². The van der Waals surface area contributed by atoms with E-state index in [0.29, 0.717) is 19.1 Å². The number of anilines is 1. The van der Waals surface area contributed by atoms with Gasteiger partial charge < -0.3 is 20.2 Å². The van der Waals surface area contributed by atoms with Gasteiger partial charge in [-0.1, -0.05) is 31.4 Å². The second kappa shape index (κ2) is 8.56. The minimum atomic E-state index is -0.380. The Balaban J connectivity index is 1.49. The fourth-order valence-corrected chi connectivity index (χ4v) is 3.96. The Morgan fingerprint density at radius 1 is 1.16 bits per heavy atom. The van der Waals surface area contributed by atoms with Crippen molar-refractivity contribution in [1.29, 1.82) is 0 Å². The average Bonchev–Trinajstić information content (AvgIpc) is 2.66. The first-order valence-corrected chi connectivity index (χ1v) is 9.66. The smallest absolute Gasteiger partial charge is 0.317 e. The van der Waals surface area contributed by atoms with E-state index >= 15 is 0 Å². The lowest BCUT2D eigenvalue weighted by Gasteiger charge is -2.33. The fourth-order valence-electron chi connectivity index (χ4n) is 3.96. The number of hydrogen-bond donors (Lipinski definition) is 2. The lowest BCUT2D eigenvalue weighted by Crippen LogP contribution is -2.46. The number of nitrogens with one attached hydrogen (secondary N) is 1. The molecule has 2 fully saturated rings. The van der Waals surface area contributed by atoms with Crippen LogP contribution in [0.2, 0.25) is 0 Å². The third kappa shape index (κ3) is 4.88. The van der Waals surface area contributed by atoms with Crippen LogP contribution in [0.1, 0.15) is 50.5 Å². The van der Waals surface area contributed by atoms with Crippen LogP contribution in [0.25, 0.3) is 0 Å². The first-order valence-electron chi connectivity index (χ1n) is 9.66. The molecule has 1 saturated heterocycles. The maximum absolute atomic E-state index is 12.2. The molecule has 1 aliphatic carbocycles. The Kier molecular flexibility index (Phi) is 6.19.